The highest BCUT2D eigenvalue weighted by Crippen LogP contribution is 2.25. The Balaban J connectivity index is 2.50. The topological polar surface area (TPSA) is 38.0 Å². The lowest BCUT2D eigenvalue weighted by Gasteiger charge is -2.16. The van der Waals surface area contributed by atoms with E-state index in [2.05, 4.69) is 5.32 Å². The van der Waals surface area contributed by atoms with E-state index in [0.29, 0.717) is 16.9 Å². The average molecular weight is 158 g/mol. The highest BCUT2D eigenvalue weighted by Gasteiger charge is 2.27. The Labute approximate surface area is 67.2 Å². The van der Waals surface area contributed by atoms with Crippen LogP contribution >= 0.6 is 12.2 Å². The van der Waals surface area contributed by atoms with E-state index in [1.54, 1.807) is 0 Å². The summed E-state index contributed by atoms with van der Waals surface area (Å²) in [6, 6.07) is 0.539. The van der Waals surface area contributed by atoms with Gasteiger partial charge in [-0.05, 0) is 19.9 Å². The molecule has 0 saturated heterocycles. The number of thiocarbonyl (C=S) groups is 1. The van der Waals surface area contributed by atoms with Crippen LogP contribution < -0.4 is 11.1 Å². The van der Waals surface area contributed by atoms with Crippen molar-refractivity contribution in [1.29, 1.82) is 0 Å². The van der Waals surface area contributed by atoms with Gasteiger partial charge < -0.3 is 11.1 Å². The van der Waals surface area contributed by atoms with Crippen LogP contribution in [0.25, 0.3) is 0 Å². The van der Waals surface area contributed by atoms with Crippen LogP contribution in [0.2, 0.25) is 0 Å². The van der Waals surface area contributed by atoms with Crippen molar-refractivity contribution in [2.24, 2.45) is 11.7 Å². The van der Waals surface area contributed by atoms with Crippen LogP contribution in [-0.2, 0) is 0 Å². The van der Waals surface area contributed by atoms with Gasteiger partial charge in [0.2, 0.25) is 0 Å². The largest absolute Gasteiger partial charge is 0.393 e. The molecule has 58 valence electrons. The lowest BCUT2D eigenvalue weighted by Crippen LogP contribution is -2.36. The number of rotatable bonds is 2. The second-order valence-corrected chi connectivity index (χ2v) is 3.31. The van der Waals surface area contributed by atoms with Crippen LogP contribution in [0.1, 0.15) is 19.3 Å². The molecule has 0 aromatic rings. The number of hydrogen-bond acceptors (Lipinski definition) is 2. The van der Waals surface area contributed by atoms with Crippen LogP contribution in [0.5, 0.6) is 0 Å². The molecule has 0 aliphatic heterocycles. The van der Waals surface area contributed by atoms with Gasteiger partial charge in [-0.25, -0.2) is 0 Å². The SMILES string of the molecule is CN[C@H]1CCC[C@H]1C(N)=S. The van der Waals surface area contributed by atoms with Crippen molar-refractivity contribution in [2.45, 2.75) is 25.3 Å². The van der Waals surface area contributed by atoms with Crippen LogP contribution in [0.15, 0.2) is 0 Å². The predicted molar refractivity (Wildman–Crippen MR) is 47.0 cm³/mol. The summed E-state index contributed by atoms with van der Waals surface area (Å²) in [6.45, 7) is 0. The molecule has 0 heterocycles. The summed E-state index contributed by atoms with van der Waals surface area (Å²) in [5.74, 6) is 0.444. The molecule has 1 aliphatic rings. The summed E-state index contributed by atoms with van der Waals surface area (Å²) in [5.41, 5.74) is 5.56. The van der Waals surface area contributed by atoms with Crippen molar-refractivity contribution in [3.8, 4) is 0 Å². The smallest absolute Gasteiger partial charge is 0.0774 e. The van der Waals surface area contributed by atoms with Gasteiger partial charge in [-0.15, -0.1) is 0 Å². The first kappa shape index (κ1) is 7.95. The molecule has 3 heteroatoms. The highest BCUT2D eigenvalue weighted by atomic mass is 32.1. The highest BCUT2D eigenvalue weighted by molar-refractivity contribution is 7.80. The number of hydrogen-bond donors (Lipinski definition) is 2. The Morgan fingerprint density at radius 3 is 2.70 bits per heavy atom. The fourth-order valence-corrected chi connectivity index (χ4v) is 1.93. The zero-order valence-corrected chi connectivity index (χ0v) is 7.08. The Kier molecular flexibility index (Phi) is 2.63. The third-order valence-electron chi connectivity index (χ3n) is 2.25. The van der Waals surface area contributed by atoms with E-state index in [1.807, 2.05) is 7.05 Å². The lowest BCUT2D eigenvalue weighted by molar-refractivity contribution is 0.521. The molecule has 2 nitrogen and oxygen atoms in total. The van der Waals surface area contributed by atoms with Crippen molar-refractivity contribution in [3.63, 3.8) is 0 Å². The maximum absolute atomic E-state index is 5.56. The molecule has 0 amide bonds. The van der Waals surface area contributed by atoms with E-state index in [-0.39, 0.29) is 0 Å². The minimum absolute atomic E-state index is 0.444. The summed E-state index contributed by atoms with van der Waals surface area (Å²) in [5, 5.41) is 3.23. The maximum atomic E-state index is 5.56. The molecule has 0 spiro atoms. The number of nitrogens with two attached hydrogens (primary N) is 1. The number of nitrogens with one attached hydrogen (secondary N) is 1. The van der Waals surface area contributed by atoms with Gasteiger partial charge in [0.05, 0.1) is 4.99 Å². The summed E-state index contributed by atoms with van der Waals surface area (Å²) < 4.78 is 0. The Morgan fingerprint density at radius 1 is 1.60 bits per heavy atom. The van der Waals surface area contributed by atoms with E-state index in [9.17, 15) is 0 Å². The Morgan fingerprint density at radius 2 is 2.30 bits per heavy atom. The molecule has 3 N–H and O–H groups in total. The first-order chi connectivity index (χ1) is 4.75. The molecule has 10 heavy (non-hydrogen) atoms. The van der Waals surface area contributed by atoms with Gasteiger partial charge in [-0.2, -0.15) is 0 Å². The predicted octanol–water partition coefficient (Wildman–Crippen LogP) is 0.661. The molecule has 1 saturated carbocycles. The van der Waals surface area contributed by atoms with Gasteiger partial charge in [0.15, 0.2) is 0 Å². The van der Waals surface area contributed by atoms with Crippen molar-refractivity contribution in [1.82, 2.24) is 5.32 Å². The maximum Gasteiger partial charge on any atom is 0.0774 e. The van der Waals surface area contributed by atoms with Crippen molar-refractivity contribution in [2.75, 3.05) is 7.05 Å². The quantitative estimate of drug-likeness (QED) is 0.580. The van der Waals surface area contributed by atoms with Crippen LogP contribution in [-0.4, -0.2) is 18.1 Å². The first-order valence-electron chi connectivity index (χ1n) is 3.72. The van der Waals surface area contributed by atoms with E-state index in [0.717, 1.165) is 0 Å². The molecule has 1 fully saturated rings. The van der Waals surface area contributed by atoms with Gasteiger partial charge in [0.25, 0.3) is 0 Å². The monoisotopic (exact) mass is 158 g/mol. The Hall–Kier alpha value is -0.150. The molecule has 1 aliphatic carbocycles. The standard InChI is InChI=1S/C7H14N2S/c1-9-6-4-2-3-5(6)7(8)10/h5-6,9H,2-4H2,1H3,(H2,8,10)/t5-,6+/m1/s1. The first-order valence-corrected chi connectivity index (χ1v) is 4.13. The second kappa shape index (κ2) is 3.30. The van der Waals surface area contributed by atoms with Crippen molar-refractivity contribution >= 4 is 17.2 Å². The average Bonchev–Trinajstić information content (AvgIpc) is 2.33. The molecule has 2 atom stereocenters. The molecule has 0 radical (unpaired) electrons. The summed E-state index contributed by atoms with van der Waals surface area (Å²) >= 11 is 4.94. The van der Waals surface area contributed by atoms with Crippen LogP contribution in [0.3, 0.4) is 0 Å². The summed E-state index contributed by atoms with van der Waals surface area (Å²) in [4.78, 5) is 0.678. The summed E-state index contributed by atoms with van der Waals surface area (Å²) in [6.07, 6.45) is 3.65. The van der Waals surface area contributed by atoms with E-state index >= 15 is 0 Å². The molecule has 0 bridgehead atoms. The van der Waals surface area contributed by atoms with Crippen LogP contribution in [0.4, 0.5) is 0 Å². The third-order valence-corrected chi connectivity index (χ3v) is 2.55. The van der Waals surface area contributed by atoms with E-state index < -0.39 is 0 Å². The fraction of sp³-hybridized carbons (Fsp3) is 0.857. The van der Waals surface area contributed by atoms with Crippen molar-refractivity contribution < 1.29 is 0 Å². The molecular formula is C7H14N2S. The van der Waals surface area contributed by atoms with Gasteiger partial charge >= 0.3 is 0 Å². The summed E-state index contributed by atoms with van der Waals surface area (Å²) in [7, 11) is 1.97. The third kappa shape index (κ3) is 1.47. The molecule has 0 unspecified atom stereocenters. The fourth-order valence-electron chi connectivity index (χ4n) is 1.65. The van der Waals surface area contributed by atoms with Gasteiger partial charge in [-0.3, -0.25) is 0 Å². The molecule has 1 rings (SSSR count). The minimum Gasteiger partial charge on any atom is -0.393 e. The van der Waals surface area contributed by atoms with Gasteiger partial charge in [0.1, 0.15) is 0 Å². The van der Waals surface area contributed by atoms with E-state index in [4.69, 9.17) is 18.0 Å². The van der Waals surface area contributed by atoms with Crippen molar-refractivity contribution in [3.05, 3.63) is 0 Å². The van der Waals surface area contributed by atoms with Gasteiger partial charge in [-0.1, -0.05) is 18.6 Å². The van der Waals surface area contributed by atoms with Gasteiger partial charge in [0, 0.05) is 12.0 Å². The second-order valence-electron chi connectivity index (χ2n) is 2.83. The zero-order valence-electron chi connectivity index (χ0n) is 6.26. The molecule has 0 aromatic heterocycles. The van der Waals surface area contributed by atoms with E-state index in [1.165, 1.54) is 19.3 Å². The lowest BCUT2D eigenvalue weighted by atomic mass is 10.0. The molecular weight excluding hydrogens is 144 g/mol. The zero-order chi connectivity index (χ0) is 7.56. The minimum atomic E-state index is 0.444. The van der Waals surface area contributed by atoms with Crippen LogP contribution in [0, 0.1) is 5.92 Å². The molecule has 0 aromatic carbocycles. The normalized spacial score (nSPS) is 32.5. The Bertz CT molecular complexity index is 136.